The van der Waals surface area contributed by atoms with Crippen molar-refractivity contribution in [1.82, 2.24) is 4.90 Å². The maximum atomic E-state index is 5.42. The first-order chi connectivity index (χ1) is 5.64. The van der Waals surface area contributed by atoms with Crippen LogP contribution in [0.25, 0.3) is 0 Å². The van der Waals surface area contributed by atoms with Crippen molar-refractivity contribution in [2.75, 3.05) is 19.6 Å². The van der Waals surface area contributed by atoms with Crippen LogP contribution in [0.4, 0.5) is 0 Å². The molecule has 0 spiro atoms. The van der Waals surface area contributed by atoms with E-state index < -0.39 is 0 Å². The average molecular weight is 165 g/mol. The van der Waals surface area contributed by atoms with Gasteiger partial charge in [0, 0.05) is 5.41 Å². The minimum Gasteiger partial charge on any atom is -0.303 e. The summed E-state index contributed by atoms with van der Waals surface area (Å²) in [5.41, 5.74) is 0.0859. The third-order valence-corrected chi connectivity index (χ3v) is 2.64. The van der Waals surface area contributed by atoms with Crippen molar-refractivity contribution >= 4 is 0 Å². The van der Waals surface area contributed by atoms with Gasteiger partial charge < -0.3 is 4.90 Å². The number of hydrogen-bond donors (Lipinski definition) is 0. The number of likely N-dealkylation sites (tertiary alicyclic amines) is 1. The van der Waals surface area contributed by atoms with Gasteiger partial charge in [-0.15, -0.1) is 12.3 Å². The molecule has 0 atom stereocenters. The second-order valence-electron chi connectivity index (χ2n) is 4.33. The molecular weight excluding hydrogens is 146 g/mol. The summed E-state index contributed by atoms with van der Waals surface area (Å²) < 4.78 is 0. The molecule has 0 unspecified atom stereocenters. The average Bonchev–Trinajstić information content (AvgIpc) is 2.53. The molecule has 1 fully saturated rings. The number of hydrogen-bond acceptors (Lipinski definition) is 1. The molecule has 1 aliphatic heterocycles. The molecule has 1 heterocycles. The molecule has 1 aliphatic rings. The molecule has 0 aromatic rings. The van der Waals surface area contributed by atoms with Gasteiger partial charge in [0.25, 0.3) is 0 Å². The van der Waals surface area contributed by atoms with Gasteiger partial charge in [-0.2, -0.15) is 0 Å². The molecule has 1 heteroatoms. The van der Waals surface area contributed by atoms with Gasteiger partial charge in [-0.3, -0.25) is 0 Å². The van der Waals surface area contributed by atoms with Crippen LogP contribution in [0.1, 0.15) is 33.1 Å². The lowest BCUT2D eigenvalue weighted by atomic mass is 9.90. The molecule has 0 N–H and O–H groups in total. The number of terminal acetylenes is 1. The van der Waals surface area contributed by atoms with Gasteiger partial charge in [0.05, 0.1) is 0 Å². The highest BCUT2D eigenvalue weighted by Crippen LogP contribution is 2.20. The van der Waals surface area contributed by atoms with Gasteiger partial charge >= 0.3 is 0 Å². The topological polar surface area (TPSA) is 3.24 Å². The van der Waals surface area contributed by atoms with Crippen LogP contribution in [-0.4, -0.2) is 24.5 Å². The van der Waals surface area contributed by atoms with Crippen molar-refractivity contribution in [3.8, 4) is 12.3 Å². The quantitative estimate of drug-likeness (QED) is 0.579. The zero-order chi connectivity index (χ0) is 9.03. The van der Waals surface area contributed by atoms with Crippen LogP contribution in [0.5, 0.6) is 0 Å². The fourth-order valence-corrected chi connectivity index (χ4v) is 1.52. The Balaban J connectivity index is 2.21. The Morgan fingerprint density at radius 1 is 1.33 bits per heavy atom. The number of nitrogens with zero attached hydrogens (tertiary/aromatic N) is 1. The van der Waals surface area contributed by atoms with Gasteiger partial charge in [0.2, 0.25) is 0 Å². The summed E-state index contributed by atoms with van der Waals surface area (Å²) >= 11 is 0. The predicted octanol–water partition coefficient (Wildman–Crippen LogP) is 2.13. The van der Waals surface area contributed by atoms with Crippen LogP contribution in [0.15, 0.2) is 0 Å². The Kier molecular flexibility index (Phi) is 3.17. The Bertz CT molecular complexity index is 170. The van der Waals surface area contributed by atoms with Gasteiger partial charge in [-0.25, -0.2) is 0 Å². The summed E-state index contributed by atoms with van der Waals surface area (Å²) in [5, 5.41) is 0. The zero-order valence-corrected chi connectivity index (χ0v) is 8.27. The van der Waals surface area contributed by atoms with E-state index in [4.69, 9.17) is 6.42 Å². The Hall–Kier alpha value is -0.480. The van der Waals surface area contributed by atoms with E-state index in [1.54, 1.807) is 0 Å². The summed E-state index contributed by atoms with van der Waals surface area (Å²) in [6, 6.07) is 0. The molecule has 68 valence electrons. The lowest BCUT2D eigenvalue weighted by Crippen LogP contribution is -2.24. The normalized spacial score (nSPS) is 19.4. The minimum atomic E-state index is 0.0859. The molecule has 0 radical (unpaired) electrons. The van der Waals surface area contributed by atoms with Crippen LogP contribution < -0.4 is 0 Å². The monoisotopic (exact) mass is 165 g/mol. The lowest BCUT2D eigenvalue weighted by molar-refractivity contribution is 0.290. The van der Waals surface area contributed by atoms with Crippen molar-refractivity contribution in [1.29, 1.82) is 0 Å². The standard InChI is InChI=1S/C11H19N/c1-4-11(2,3)7-10-12-8-5-6-9-12/h1H,5-10H2,2-3H3. The van der Waals surface area contributed by atoms with Crippen molar-refractivity contribution < 1.29 is 0 Å². The van der Waals surface area contributed by atoms with Crippen LogP contribution >= 0.6 is 0 Å². The highest BCUT2D eigenvalue weighted by atomic mass is 15.1. The number of rotatable bonds is 3. The Labute approximate surface area is 76.1 Å². The summed E-state index contributed by atoms with van der Waals surface area (Å²) in [4.78, 5) is 2.51. The van der Waals surface area contributed by atoms with E-state index in [-0.39, 0.29) is 5.41 Å². The summed E-state index contributed by atoms with van der Waals surface area (Å²) in [6.07, 6.45) is 9.29. The van der Waals surface area contributed by atoms with E-state index >= 15 is 0 Å². The van der Waals surface area contributed by atoms with Crippen molar-refractivity contribution in [2.45, 2.75) is 33.1 Å². The van der Waals surface area contributed by atoms with Gasteiger partial charge in [0.15, 0.2) is 0 Å². The maximum absolute atomic E-state index is 5.42. The summed E-state index contributed by atoms with van der Waals surface area (Å²) in [5.74, 6) is 2.84. The first-order valence-corrected chi connectivity index (χ1v) is 4.84. The highest BCUT2D eigenvalue weighted by molar-refractivity contribution is 5.00. The highest BCUT2D eigenvalue weighted by Gasteiger charge is 2.17. The second-order valence-corrected chi connectivity index (χ2v) is 4.33. The maximum Gasteiger partial charge on any atom is 0.0268 e. The zero-order valence-electron chi connectivity index (χ0n) is 8.27. The van der Waals surface area contributed by atoms with Crippen LogP contribution in [0.3, 0.4) is 0 Å². The van der Waals surface area contributed by atoms with E-state index in [1.165, 1.54) is 32.5 Å². The van der Waals surface area contributed by atoms with Gasteiger partial charge in [0.1, 0.15) is 0 Å². The van der Waals surface area contributed by atoms with E-state index in [2.05, 4.69) is 24.7 Å². The Morgan fingerprint density at radius 2 is 1.92 bits per heavy atom. The van der Waals surface area contributed by atoms with E-state index in [1.807, 2.05) is 0 Å². The molecule has 0 saturated carbocycles. The summed E-state index contributed by atoms with van der Waals surface area (Å²) in [6.45, 7) is 8.02. The largest absolute Gasteiger partial charge is 0.303 e. The summed E-state index contributed by atoms with van der Waals surface area (Å²) in [7, 11) is 0. The molecule has 0 aromatic carbocycles. The molecule has 12 heavy (non-hydrogen) atoms. The van der Waals surface area contributed by atoms with Gasteiger partial charge in [-0.1, -0.05) is 0 Å². The minimum absolute atomic E-state index is 0.0859. The van der Waals surface area contributed by atoms with Crippen LogP contribution in [-0.2, 0) is 0 Å². The predicted molar refractivity (Wildman–Crippen MR) is 52.9 cm³/mol. The molecule has 1 rings (SSSR count). The van der Waals surface area contributed by atoms with E-state index in [0.717, 1.165) is 6.42 Å². The first-order valence-electron chi connectivity index (χ1n) is 4.84. The molecule has 0 aromatic heterocycles. The first kappa shape index (κ1) is 9.61. The molecule has 0 amide bonds. The lowest BCUT2D eigenvalue weighted by Gasteiger charge is -2.21. The van der Waals surface area contributed by atoms with Crippen LogP contribution in [0.2, 0.25) is 0 Å². The SMILES string of the molecule is C#CC(C)(C)CCN1CCCC1. The van der Waals surface area contributed by atoms with E-state index in [9.17, 15) is 0 Å². The molecule has 0 bridgehead atoms. The smallest absolute Gasteiger partial charge is 0.0268 e. The molecular formula is C11H19N. The molecule has 1 saturated heterocycles. The van der Waals surface area contributed by atoms with Crippen molar-refractivity contribution in [3.05, 3.63) is 0 Å². The van der Waals surface area contributed by atoms with Crippen LogP contribution in [0, 0.1) is 17.8 Å². The van der Waals surface area contributed by atoms with E-state index in [0.29, 0.717) is 0 Å². The third-order valence-electron chi connectivity index (χ3n) is 2.64. The molecule has 1 nitrogen and oxygen atoms in total. The second kappa shape index (κ2) is 3.96. The fourth-order valence-electron chi connectivity index (χ4n) is 1.52. The van der Waals surface area contributed by atoms with Gasteiger partial charge in [-0.05, 0) is 52.7 Å². The van der Waals surface area contributed by atoms with Crippen molar-refractivity contribution in [3.63, 3.8) is 0 Å². The van der Waals surface area contributed by atoms with Crippen molar-refractivity contribution in [2.24, 2.45) is 5.41 Å². The molecule has 0 aliphatic carbocycles. The fraction of sp³-hybridized carbons (Fsp3) is 0.818. The third kappa shape index (κ3) is 2.87. The Morgan fingerprint density at radius 3 is 2.42 bits per heavy atom.